The molecule has 1 aromatic rings. The second-order valence-corrected chi connectivity index (χ2v) is 8.03. The first kappa shape index (κ1) is 16.7. The molecule has 0 spiro atoms. The van der Waals surface area contributed by atoms with Crippen molar-refractivity contribution in [1.82, 2.24) is 4.90 Å². The van der Waals surface area contributed by atoms with Gasteiger partial charge in [0.05, 0.1) is 0 Å². The van der Waals surface area contributed by atoms with Crippen molar-refractivity contribution in [2.75, 3.05) is 13.3 Å². The summed E-state index contributed by atoms with van der Waals surface area (Å²) in [4.78, 5) is 13.7. The molecular weight excluding hydrogens is 276 g/mol. The summed E-state index contributed by atoms with van der Waals surface area (Å²) in [6.45, 7) is 3.69. The summed E-state index contributed by atoms with van der Waals surface area (Å²) < 4.78 is 21.9. The zero-order chi connectivity index (χ0) is 15.6. The van der Waals surface area contributed by atoms with Gasteiger partial charge in [0.15, 0.2) is 9.84 Å². The molecule has 0 unspecified atom stereocenters. The van der Waals surface area contributed by atoms with Crippen LogP contribution >= 0.6 is 0 Å². The zero-order valence-electron chi connectivity index (χ0n) is 12.4. The fraction of sp³-hybridized carbons (Fsp3) is 0.500. The van der Waals surface area contributed by atoms with E-state index in [0.717, 1.165) is 17.4 Å². The van der Waals surface area contributed by atoms with Crippen LogP contribution < -0.4 is 5.73 Å². The van der Waals surface area contributed by atoms with E-state index in [0.29, 0.717) is 13.1 Å². The number of benzene rings is 1. The quantitative estimate of drug-likeness (QED) is 0.877. The van der Waals surface area contributed by atoms with Gasteiger partial charge in [-0.1, -0.05) is 24.3 Å². The van der Waals surface area contributed by atoms with Gasteiger partial charge in [0.1, 0.15) is 4.75 Å². The maximum atomic E-state index is 12.3. The van der Waals surface area contributed by atoms with E-state index in [-0.39, 0.29) is 0 Å². The molecule has 0 aliphatic carbocycles. The summed E-state index contributed by atoms with van der Waals surface area (Å²) in [6, 6.07) is 7.57. The van der Waals surface area contributed by atoms with Gasteiger partial charge in [0.2, 0.25) is 5.91 Å². The van der Waals surface area contributed by atoms with E-state index in [1.807, 2.05) is 24.3 Å². The SMILES string of the molecule is CN(Cc1ccc(CN)cc1)C(=O)C(C)(C)S(C)(=O)=O. The maximum absolute atomic E-state index is 12.3. The number of carbonyl (C=O) groups is 1. The van der Waals surface area contributed by atoms with Gasteiger partial charge in [-0.15, -0.1) is 0 Å². The molecule has 2 N–H and O–H groups in total. The van der Waals surface area contributed by atoms with Crippen LogP contribution in [-0.4, -0.2) is 37.3 Å². The van der Waals surface area contributed by atoms with Crippen LogP contribution in [0.2, 0.25) is 0 Å². The van der Waals surface area contributed by atoms with Crippen LogP contribution in [0.5, 0.6) is 0 Å². The molecule has 1 amide bonds. The van der Waals surface area contributed by atoms with Gasteiger partial charge in [-0.2, -0.15) is 0 Å². The van der Waals surface area contributed by atoms with Gasteiger partial charge in [0.25, 0.3) is 0 Å². The minimum Gasteiger partial charge on any atom is -0.340 e. The van der Waals surface area contributed by atoms with Crippen molar-refractivity contribution < 1.29 is 13.2 Å². The van der Waals surface area contributed by atoms with Crippen LogP contribution in [0.3, 0.4) is 0 Å². The predicted molar refractivity (Wildman–Crippen MR) is 79.7 cm³/mol. The molecule has 20 heavy (non-hydrogen) atoms. The number of rotatable bonds is 5. The third-order valence-corrected chi connectivity index (χ3v) is 5.50. The Hall–Kier alpha value is -1.40. The first-order chi connectivity index (χ1) is 9.09. The largest absolute Gasteiger partial charge is 0.340 e. The highest BCUT2D eigenvalue weighted by molar-refractivity contribution is 7.92. The van der Waals surface area contributed by atoms with Crippen molar-refractivity contribution in [2.24, 2.45) is 5.73 Å². The molecule has 1 aromatic carbocycles. The Kier molecular flexibility index (Phi) is 4.94. The summed E-state index contributed by atoms with van der Waals surface area (Å²) in [5.41, 5.74) is 7.47. The van der Waals surface area contributed by atoms with Gasteiger partial charge in [-0.25, -0.2) is 8.42 Å². The normalized spacial score (nSPS) is 12.2. The van der Waals surface area contributed by atoms with E-state index < -0.39 is 20.5 Å². The minimum absolute atomic E-state index is 0.364. The molecule has 0 bridgehead atoms. The molecule has 0 atom stereocenters. The molecule has 112 valence electrons. The predicted octanol–water partition coefficient (Wildman–Crippen LogP) is 0.927. The monoisotopic (exact) mass is 298 g/mol. The number of nitrogens with zero attached hydrogens (tertiary/aromatic N) is 1. The Morgan fingerprint density at radius 2 is 1.65 bits per heavy atom. The van der Waals surface area contributed by atoms with Gasteiger partial charge in [-0.3, -0.25) is 4.79 Å². The van der Waals surface area contributed by atoms with E-state index in [1.165, 1.54) is 18.7 Å². The summed E-state index contributed by atoms with van der Waals surface area (Å²) >= 11 is 0. The maximum Gasteiger partial charge on any atom is 0.243 e. The number of carbonyl (C=O) groups excluding carboxylic acids is 1. The average molecular weight is 298 g/mol. The zero-order valence-corrected chi connectivity index (χ0v) is 13.2. The first-order valence-electron chi connectivity index (χ1n) is 6.32. The van der Waals surface area contributed by atoms with Crippen molar-refractivity contribution in [2.45, 2.75) is 31.7 Å². The minimum atomic E-state index is -3.46. The standard InChI is InChI=1S/C14H22N2O3S/c1-14(2,20(4,18)19)13(17)16(3)10-12-7-5-11(9-15)6-8-12/h5-8H,9-10,15H2,1-4H3. The first-order valence-corrected chi connectivity index (χ1v) is 8.22. The molecule has 0 aliphatic heterocycles. The molecule has 0 aliphatic rings. The second kappa shape index (κ2) is 5.93. The molecule has 5 nitrogen and oxygen atoms in total. The van der Waals surface area contributed by atoms with Crippen molar-refractivity contribution in [3.8, 4) is 0 Å². The number of amides is 1. The van der Waals surface area contributed by atoms with Crippen LogP contribution in [0.25, 0.3) is 0 Å². The highest BCUT2D eigenvalue weighted by atomic mass is 32.2. The second-order valence-electron chi connectivity index (χ2n) is 5.46. The molecule has 6 heteroatoms. The molecule has 0 aromatic heterocycles. The van der Waals surface area contributed by atoms with E-state index >= 15 is 0 Å². The van der Waals surface area contributed by atoms with Crippen molar-refractivity contribution in [3.63, 3.8) is 0 Å². The van der Waals surface area contributed by atoms with Gasteiger partial charge < -0.3 is 10.6 Å². The van der Waals surface area contributed by atoms with Crippen molar-refractivity contribution in [3.05, 3.63) is 35.4 Å². The van der Waals surface area contributed by atoms with Crippen LogP contribution in [0.4, 0.5) is 0 Å². The molecule has 0 saturated carbocycles. The molecule has 0 fully saturated rings. The summed E-state index contributed by atoms with van der Waals surface area (Å²) in [5.74, 6) is -0.414. The fourth-order valence-corrected chi connectivity index (χ4v) is 2.22. The van der Waals surface area contributed by atoms with E-state index in [1.54, 1.807) is 7.05 Å². The van der Waals surface area contributed by atoms with Crippen molar-refractivity contribution >= 4 is 15.7 Å². The summed E-state index contributed by atoms with van der Waals surface area (Å²) in [7, 11) is -1.85. The van der Waals surface area contributed by atoms with Crippen LogP contribution in [0, 0.1) is 0 Å². The summed E-state index contributed by atoms with van der Waals surface area (Å²) in [6.07, 6.45) is 1.08. The lowest BCUT2D eigenvalue weighted by Crippen LogP contribution is -2.47. The third kappa shape index (κ3) is 3.58. The highest BCUT2D eigenvalue weighted by Gasteiger charge is 2.40. The molecule has 0 saturated heterocycles. The summed E-state index contributed by atoms with van der Waals surface area (Å²) in [5, 5.41) is 0. The third-order valence-electron chi connectivity index (χ3n) is 3.47. The van der Waals surface area contributed by atoms with E-state index in [4.69, 9.17) is 5.73 Å². The smallest absolute Gasteiger partial charge is 0.243 e. The van der Waals surface area contributed by atoms with Crippen LogP contribution in [0.1, 0.15) is 25.0 Å². The number of nitrogens with two attached hydrogens (primary N) is 1. The Bertz CT molecular complexity index is 577. The Morgan fingerprint density at radius 1 is 1.20 bits per heavy atom. The average Bonchev–Trinajstić information content (AvgIpc) is 2.37. The van der Waals surface area contributed by atoms with Gasteiger partial charge >= 0.3 is 0 Å². The number of sulfone groups is 1. The van der Waals surface area contributed by atoms with Gasteiger partial charge in [-0.05, 0) is 25.0 Å². The fourth-order valence-electron chi connectivity index (χ4n) is 1.74. The Morgan fingerprint density at radius 3 is 2.05 bits per heavy atom. The molecule has 1 rings (SSSR count). The highest BCUT2D eigenvalue weighted by Crippen LogP contribution is 2.19. The molecule has 0 heterocycles. The lowest BCUT2D eigenvalue weighted by atomic mass is 10.1. The van der Waals surface area contributed by atoms with Crippen LogP contribution in [0.15, 0.2) is 24.3 Å². The topological polar surface area (TPSA) is 80.5 Å². The van der Waals surface area contributed by atoms with E-state index in [2.05, 4.69) is 0 Å². The number of hydrogen-bond donors (Lipinski definition) is 1. The lowest BCUT2D eigenvalue weighted by molar-refractivity contribution is -0.132. The van der Waals surface area contributed by atoms with E-state index in [9.17, 15) is 13.2 Å². The molecular formula is C14H22N2O3S. The van der Waals surface area contributed by atoms with Crippen LogP contribution in [-0.2, 0) is 27.7 Å². The number of hydrogen-bond acceptors (Lipinski definition) is 4. The Labute approximate surface area is 120 Å². The molecule has 0 radical (unpaired) electrons. The van der Waals surface area contributed by atoms with Gasteiger partial charge in [0, 0.05) is 26.4 Å². The Balaban J connectivity index is 2.85. The lowest BCUT2D eigenvalue weighted by Gasteiger charge is -2.28. The van der Waals surface area contributed by atoms with Crippen molar-refractivity contribution in [1.29, 1.82) is 0 Å².